The van der Waals surface area contributed by atoms with Gasteiger partial charge in [-0.2, -0.15) is 0 Å². The van der Waals surface area contributed by atoms with Crippen LogP contribution in [0.4, 0.5) is 0 Å². The first-order valence-corrected chi connectivity index (χ1v) is 6.66. The van der Waals surface area contributed by atoms with Crippen molar-refractivity contribution in [1.82, 2.24) is 5.32 Å². The van der Waals surface area contributed by atoms with Gasteiger partial charge in [-0.05, 0) is 25.7 Å². The van der Waals surface area contributed by atoms with Gasteiger partial charge >= 0.3 is 0 Å². The number of nitrogens with one attached hydrogen (secondary N) is 1. The molecule has 0 saturated carbocycles. The van der Waals surface area contributed by atoms with Crippen LogP contribution in [0.1, 0.15) is 39.5 Å². The lowest BCUT2D eigenvalue weighted by atomic mass is 9.90. The number of carbonyl (C=O) groups excluding carboxylic acids is 1. The smallest absolute Gasteiger partial charge is 0.224 e. The molecule has 0 aliphatic carbocycles. The maximum absolute atomic E-state index is 12.2. The van der Waals surface area contributed by atoms with Crippen LogP contribution in [0.2, 0.25) is 0 Å². The lowest BCUT2D eigenvalue weighted by Gasteiger charge is -2.34. The maximum Gasteiger partial charge on any atom is 0.224 e. The number of thiocarbonyl (C=S) groups is 1. The van der Waals surface area contributed by atoms with Crippen LogP contribution in [-0.4, -0.2) is 29.6 Å². The quantitative estimate of drug-likeness (QED) is 0.731. The van der Waals surface area contributed by atoms with Crippen molar-refractivity contribution in [1.29, 1.82) is 0 Å². The molecule has 0 atom stereocenters. The molecule has 1 rings (SSSR count). The van der Waals surface area contributed by atoms with Gasteiger partial charge in [0.1, 0.15) is 0 Å². The van der Waals surface area contributed by atoms with Crippen LogP contribution in [0.25, 0.3) is 0 Å². The van der Waals surface area contributed by atoms with Gasteiger partial charge in [-0.25, -0.2) is 0 Å². The Bertz CT molecular complexity index is 284. The molecule has 1 amide bonds. The molecule has 0 radical (unpaired) electrons. The van der Waals surface area contributed by atoms with Gasteiger partial charge in [0.15, 0.2) is 0 Å². The van der Waals surface area contributed by atoms with Crippen LogP contribution in [0, 0.1) is 5.92 Å². The highest BCUT2D eigenvalue weighted by atomic mass is 32.1. The van der Waals surface area contributed by atoms with E-state index in [1.807, 2.05) is 13.8 Å². The van der Waals surface area contributed by atoms with Crippen molar-refractivity contribution >= 4 is 23.1 Å². The summed E-state index contributed by atoms with van der Waals surface area (Å²) in [4.78, 5) is 12.5. The number of carbonyl (C=O) groups is 1. The van der Waals surface area contributed by atoms with Gasteiger partial charge in [0.05, 0.1) is 10.5 Å². The largest absolute Gasteiger partial charge is 0.391 e. The summed E-state index contributed by atoms with van der Waals surface area (Å²) < 4.78 is 5.25. The third-order valence-electron chi connectivity index (χ3n) is 3.63. The first kappa shape index (κ1) is 14.4. The highest BCUT2D eigenvalue weighted by Crippen LogP contribution is 2.20. The molecule has 98 valence electrons. The minimum atomic E-state index is -0.523. The van der Waals surface area contributed by atoms with E-state index >= 15 is 0 Å². The summed E-state index contributed by atoms with van der Waals surface area (Å²) in [5.41, 5.74) is 5.24. The number of hydrogen-bond acceptors (Lipinski definition) is 3. The van der Waals surface area contributed by atoms with E-state index in [9.17, 15) is 4.79 Å². The Kier molecular flexibility index (Phi) is 5.33. The van der Waals surface area contributed by atoms with Gasteiger partial charge in [0, 0.05) is 19.1 Å². The Hall–Kier alpha value is -0.680. The summed E-state index contributed by atoms with van der Waals surface area (Å²) in [5.74, 6) is 0.0976. The molecule has 0 bridgehead atoms. The topological polar surface area (TPSA) is 64.3 Å². The average Bonchev–Trinajstić information content (AvgIpc) is 2.36. The van der Waals surface area contributed by atoms with E-state index in [0.29, 0.717) is 18.2 Å². The van der Waals surface area contributed by atoms with Gasteiger partial charge in [-0.1, -0.05) is 26.1 Å². The number of hydrogen-bond donors (Lipinski definition) is 2. The molecular weight excluding hydrogens is 236 g/mol. The summed E-state index contributed by atoms with van der Waals surface area (Å²) in [6, 6.07) is 0. The van der Waals surface area contributed by atoms with Crippen LogP contribution in [-0.2, 0) is 9.53 Å². The second-order valence-electron chi connectivity index (χ2n) is 4.53. The van der Waals surface area contributed by atoms with E-state index in [0.717, 1.165) is 25.7 Å². The molecule has 0 aromatic carbocycles. The Balaban J connectivity index is 2.66. The molecule has 1 fully saturated rings. The van der Waals surface area contributed by atoms with Crippen LogP contribution < -0.4 is 11.1 Å². The van der Waals surface area contributed by atoms with Crippen molar-refractivity contribution in [2.45, 2.75) is 45.1 Å². The summed E-state index contributed by atoms with van der Waals surface area (Å²) >= 11 is 5.09. The molecule has 1 saturated heterocycles. The molecule has 3 N–H and O–H groups in total. The predicted molar refractivity (Wildman–Crippen MR) is 71.8 cm³/mol. The molecule has 1 heterocycles. The maximum atomic E-state index is 12.2. The van der Waals surface area contributed by atoms with Crippen LogP contribution in [0.15, 0.2) is 0 Å². The fourth-order valence-corrected chi connectivity index (χ4v) is 2.47. The van der Waals surface area contributed by atoms with Gasteiger partial charge in [-0.15, -0.1) is 0 Å². The molecule has 4 nitrogen and oxygen atoms in total. The monoisotopic (exact) mass is 258 g/mol. The van der Waals surface area contributed by atoms with Crippen molar-refractivity contribution < 1.29 is 9.53 Å². The molecule has 0 aromatic heterocycles. The van der Waals surface area contributed by atoms with Crippen molar-refractivity contribution in [3.8, 4) is 0 Å². The van der Waals surface area contributed by atoms with Crippen molar-refractivity contribution in [3.05, 3.63) is 0 Å². The van der Waals surface area contributed by atoms with Crippen molar-refractivity contribution in [3.63, 3.8) is 0 Å². The van der Waals surface area contributed by atoms with Crippen LogP contribution in [0.3, 0.4) is 0 Å². The van der Waals surface area contributed by atoms with E-state index in [4.69, 9.17) is 22.7 Å². The first-order chi connectivity index (χ1) is 8.05. The Morgan fingerprint density at radius 2 is 1.94 bits per heavy atom. The predicted octanol–water partition coefficient (Wildman–Crippen LogP) is 1.37. The molecule has 1 aliphatic rings. The van der Waals surface area contributed by atoms with E-state index in [1.54, 1.807) is 0 Å². The third-order valence-corrected chi connectivity index (χ3v) is 4.02. The van der Waals surface area contributed by atoms with E-state index in [2.05, 4.69) is 5.32 Å². The molecular formula is C12H22N2O2S. The second-order valence-corrected chi connectivity index (χ2v) is 4.97. The SMILES string of the molecule is CCC(CC)(NC(=O)C1CCOCC1)C(N)=S. The number of ether oxygens (including phenoxy) is 1. The van der Waals surface area contributed by atoms with Crippen LogP contribution >= 0.6 is 12.2 Å². The standard InChI is InChI=1S/C12H22N2O2S/c1-3-12(4-2,11(13)17)14-10(15)9-5-7-16-8-6-9/h9H,3-8H2,1-2H3,(H2,13,17)(H,14,15). The normalized spacial score (nSPS) is 17.8. The Morgan fingerprint density at radius 1 is 1.41 bits per heavy atom. The number of amides is 1. The average molecular weight is 258 g/mol. The lowest BCUT2D eigenvalue weighted by Crippen LogP contribution is -2.57. The fraction of sp³-hybridized carbons (Fsp3) is 0.833. The van der Waals surface area contributed by atoms with E-state index in [-0.39, 0.29) is 11.8 Å². The number of nitrogens with two attached hydrogens (primary N) is 1. The molecule has 0 unspecified atom stereocenters. The highest BCUT2D eigenvalue weighted by molar-refractivity contribution is 7.80. The second kappa shape index (κ2) is 6.31. The highest BCUT2D eigenvalue weighted by Gasteiger charge is 2.34. The molecule has 17 heavy (non-hydrogen) atoms. The zero-order chi connectivity index (χ0) is 12.9. The zero-order valence-electron chi connectivity index (χ0n) is 10.6. The fourth-order valence-electron chi connectivity index (χ4n) is 2.13. The molecule has 0 spiro atoms. The first-order valence-electron chi connectivity index (χ1n) is 6.25. The molecule has 1 aliphatic heterocycles. The summed E-state index contributed by atoms with van der Waals surface area (Å²) in [5, 5.41) is 3.04. The Labute approximate surface area is 108 Å². The third kappa shape index (κ3) is 3.39. The van der Waals surface area contributed by atoms with Crippen molar-refractivity contribution in [2.75, 3.05) is 13.2 Å². The lowest BCUT2D eigenvalue weighted by molar-refractivity contribution is -0.129. The number of rotatable bonds is 5. The van der Waals surface area contributed by atoms with Gasteiger partial charge in [0.2, 0.25) is 5.91 Å². The molecule has 0 aromatic rings. The zero-order valence-corrected chi connectivity index (χ0v) is 11.4. The minimum absolute atomic E-state index is 0.0376. The summed E-state index contributed by atoms with van der Waals surface area (Å²) in [6.45, 7) is 5.31. The van der Waals surface area contributed by atoms with Crippen molar-refractivity contribution in [2.24, 2.45) is 11.7 Å². The van der Waals surface area contributed by atoms with E-state index in [1.165, 1.54) is 0 Å². The van der Waals surface area contributed by atoms with Crippen LogP contribution in [0.5, 0.6) is 0 Å². The van der Waals surface area contributed by atoms with Gasteiger partial charge < -0.3 is 15.8 Å². The minimum Gasteiger partial charge on any atom is -0.391 e. The Morgan fingerprint density at radius 3 is 2.35 bits per heavy atom. The summed E-state index contributed by atoms with van der Waals surface area (Å²) in [7, 11) is 0. The van der Waals surface area contributed by atoms with E-state index < -0.39 is 5.54 Å². The summed E-state index contributed by atoms with van der Waals surface area (Å²) in [6.07, 6.45) is 3.03. The van der Waals surface area contributed by atoms with Gasteiger partial charge in [0.25, 0.3) is 0 Å². The molecule has 5 heteroatoms. The van der Waals surface area contributed by atoms with Gasteiger partial charge in [-0.3, -0.25) is 4.79 Å².